The van der Waals surface area contributed by atoms with Crippen molar-refractivity contribution in [1.29, 1.82) is 0 Å². The largest absolute Gasteiger partial charge is 0.480 e. The van der Waals surface area contributed by atoms with Gasteiger partial charge in [0.05, 0.1) is 12.8 Å². The van der Waals surface area contributed by atoms with Crippen LogP contribution in [0.3, 0.4) is 0 Å². The van der Waals surface area contributed by atoms with Crippen LogP contribution < -0.4 is 0 Å². The summed E-state index contributed by atoms with van der Waals surface area (Å²) < 4.78 is 10.8. The van der Waals surface area contributed by atoms with Crippen LogP contribution in [0.15, 0.2) is 22.8 Å². The fourth-order valence-electron chi connectivity index (χ4n) is 3.82. The molecule has 0 bridgehead atoms. The van der Waals surface area contributed by atoms with E-state index in [2.05, 4.69) is 0 Å². The van der Waals surface area contributed by atoms with Crippen LogP contribution in [0, 0.1) is 17.8 Å². The van der Waals surface area contributed by atoms with Gasteiger partial charge in [0.25, 0.3) is 0 Å². The summed E-state index contributed by atoms with van der Waals surface area (Å²) >= 11 is 0. The van der Waals surface area contributed by atoms with Crippen LogP contribution in [0.1, 0.15) is 31.4 Å². The van der Waals surface area contributed by atoms with Crippen molar-refractivity contribution in [3.63, 3.8) is 0 Å². The highest BCUT2D eigenvalue weighted by Crippen LogP contribution is 2.39. The molecule has 0 aromatic carbocycles. The Kier molecular flexibility index (Phi) is 5.00. The Bertz CT molecular complexity index is 541. The van der Waals surface area contributed by atoms with E-state index in [1.54, 1.807) is 12.1 Å². The lowest BCUT2D eigenvalue weighted by Gasteiger charge is -2.39. The van der Waals surface area contributed by atoms with Gasteiger partial charge in [0.1, 0.15) is 12.3 Å². The lowest BCUT2D eigenvalue weighted by Crippen LogP contribution is -2.43. The summed E-state index contributed by atoms with van der Waals surface area (Å²) in [5.41, 5.74) is 0. The highest BCUT2D eigenvalue weighted by molar-refractivity contribution is 5.83. The molecule has 1 N–H and O–H groups in total. The van der Waals surface area contributed by atoms with Crippen molar-refractivity contribution in [2.45, 2.75) is 32.2 Å². The molecule has 2 fully saturated rings. The lowest BCUT2D eigenvalue weighted by molar-refractivity contribution is -0.148. The SMILES string of the molecule is O=C(O)CN(Cc1ccco1)C(=O)C1CCC2COCCC2C1. The van der Waals surface area contributed by atoms with Crippen LogP contribution in [0.5, 0.6) is 0 Å². The van der Waals surface area contributed by atoms with E-state index in [4.69, 9.17) is 14.3 Å². The number of nitrogens with zero attached hydrogens (tertiary/aromatic N) is 1. The number of hydrogen-bond acceptors (Lipinski definition) is 4. The first kappa shape index (κ1) is 16.1. The average Bonchev–Trinajstić information content (AvgIpc) is 3.06. The molecule has 2 heterocycles. The van der Waals surface area contributed by atoms with Gasteiger partial charge in [-0.05, 0) is 49.7 Å². The zero-order chi connectivity index (χ0) is 16.2. The molecule has 6 nitrogen and oxygen atoms in total. The van der Waals surface area contributed by atoms with Gasteiger partial charge in [0.2, 0.25) is 5.91 Å². The first-order valence-electron chi connectivity index (χ1n) is 8.24. The number of carbonyl (C=O) groups is 2. The van der Waals surface area contributed by atoms with Gasteiger partial charge < -0.3 is 19.2 Å². The Morgan fingerprint density at radius 1 is 1.26 bits per heavy atom. The maximum absolute atomic E-state index is 12.8. The van der Waals surface area contributed by atoms with Gasteiger partial charge in [0.15, 0.2) is 0 Å². The van der Waals surface area contributed by atoms with Crippen molar-refractivity contribution in [3.05, 3.63) is 24.2 Å². The number of furan rings is 1. The van der Waals surface area contributed by atoms with Gasteiger partial charge in [-0.3, -0.25) is 9.59 Å². The summed E-state index contributed by atoms with van der Waals surface area (Å²) in [6.07, 6.45) is 5.19. The number of ether oxygens (including phenoxy) is 1. The predicted molar refractivity (Wildman–Crippen MR) is 81.5 cm³/mol. The van der Waals surface area contributed by atoms with E-state index < -0.39 is 5.97 Å². The van der Waals surface area contributed by atoms with E-state index in [1.807, 2.05) is 0 Å². The fraction of sp³-hybridized carbons (Fsp3) is 0.647. The monoisotopic (exact) mass is 321 g/mol. The zero-order valence-corrected chi connectivity index (χ0v) is 13.1. The Balaban J connectivity index is 1.66. The minimum atomic E-state index is -0.996. The first-order valence-corrected chi connectivity index (χ1v) is 8.24. The molecular formula is C17H23NO5. The van der Waals surface area contributed by atoms with Crippen LogP contribution in [0.25, 0.3) is 0 Å². The second-order valence-corrected chi connectivity index (χ2v) is 6.56. The third kappa shape index (κ3) is 3.93. The van der Waals surface area contributed by atoms with Gasteiger partial charge in [-0.25, -0.2) is 0 Å². The third-order valence-electron chi connectivity index (χ3n) is 5.02. The van der Waals surface area contributed by atoms with Gasteiger partial charge in [-0.1, -0.05) is 0 Å². The van der Waals surface area contributed by atoms with Crippen LogP contribution >= 0.6 is 0 Å². The number of hydrogen-bond donors (Lipinski definition) is 1. The number of amides is 1. The first-order chi connectivity index (χ1) is 11.1. The molecule has 0 radical (unpaired) electrons. The molecule has 0 spiro atoms. The lowest BCUT2D eigenvalue weighted by atomic mass is 9.72. The van der Waals surface area contributed by atoms with Gasteiger partial charge in [0, 0.05) is 19.1 Å². The van der Waals surface area contributed by atoms with Crippen molar-refractivity contribution >= 4 is 11.9 Å². The number of carboxylic acid groups (broad SMARTS) is 1. The quantitative estimate of drug-likeness (QED) is 0.899. The molecule has 3 rings (SSSR count). The number of aliphatic carboxylic acids is 1. The fourth-order valence-corrected chi connectivity index (χ4v) is 3.82. The summed E-state index contributed by atoms with van der Waals surface area (Å²) in [5, 5.41) is 9.11. The van der Waals surface area contributed by atoms with Crippen molar-refractivity contribution in [1.82, 2.24) is 4.90 Å². The Morgan fingerprint density at radius 2 is 2.13 bits per heavy atom. The maximum Gasteiger partial charge on any atom is 0.323 e. The van der Waals surface area contributed by atoms with Crippen molar-refractivity contribution in [2.24, 2.45) is 17.8 Å². The topological polar surface area (TPSA) is 80.0 Å². The minimum Gasteiger partial charge on any atom is -0.480 e. The van der Waals surface area contributed by atoms with Crippen molar-refractivity contribution < 1.29 is 23.8 Å². The number of carbonyl (C=O) groups excluding carboxylic acids is 1. The molecule has 126 valence electrons. The van der Waals surface area contributed by atoms with E-state index in [0.29, 0.717) is 17.6 Å². The Morgan fingerprint density at radius 3 is 2.87 bits per heavy atom. The minimum absolute atomic E-state index is 0.0614. The second kappa shape index (κ2) is 7.17. The summed E-state index contributed by atoms with van der Waals surface area (Å²) in [5.74, 6) is 0.564. The van der Waals surface area contributed by atoms with E-state index >= 15 is 0 Å². The molecule has 1 saturated carbocycles. The Labute approximate surface area is 135 Å². The highest BCUT2D eigenvalue weighted by atomic mass is 16.5. The zero-order valence-electron chi connectivity index (χ0n) is 13.1. The molecular weight excluding hydrogens is 298 g/mol. The molecule has 1 aromatic heterocycles. The molecule has 1 aromatic rings. The standard InChI is InChI=1S/C17H23NO5/c19-16(20)10-18(9-15-2-1-6-23-15)17(21)13-3-4-14-11-22-7-5-12(14)8-13/h1-2,6,12-14H,3-5,7-11H2,(H,19,20). The van der Waals surface area contributed by atoms with Crippen LogP contribution in [0.4, 0.5) is 0 Å². The summed E-state index contributed by atoms with van der Waals surface area (Å²) in [7, 11) is 0. The predicted octanol–water partition coefficient (Wildman–Crippen LogP) is 2.15. The normalized spacial score (nSPS) is 27.2. The molecule has 1 aliphatic heterocycles. The van der Waals surface area contributed by atoms with Gasteiger partial charge in [-0.15, -0.1) is 0 Å². The number of carboxylic acids is 1. The van der Waals surface area contributed by atoms with E-state index in [9.17, 15) is 9.59 Å². The van der Waals surface area contributed by atoms with Gasteiger partial charge in [-0.2, -0.15) is 0 Å². The molecule has 1 amide bonds. The molecule has 1 saturated heterocycles. The molecule has 3 atom stereocenters. The van der Waals surface area contributed by atoms with E-state index in [0.717, 1.165) is 38.9 Å². The molecule has 3 unspecified atom stereocenters. The summed E-state index contributed by atoms with van der Waals surface area (Å²) in [6.45, 7) is 1.50. The second-order valence-electron chi connectivity index (χ2n) is 6.56. The molecule has 2 aliphatic rings. The van der Waals surface area contributed by atoms with Crippen LogP contribution in [-0.4, -0.2) is 41.6 Å². The molecule has 1 aliphatic carbocycles. The highest BCUT2D eigenvalue weighted by Gasteiger charge is 2.37. The van der Waals surface area contributed by atoms with Crippen LogP contribution in [-0.2, 0) is 20.9 Å². The smallest absolute Gasteiger partial charge is 0.323 e. The maximum atomic E-state index is 12.8. The summed E-state index contributed by atoms with van der Waals surface area (Å²) in [4.78, 5) is 25.3. The van der Waals surface area contributed by atoms with E-state index in [-0.39, 0.29) is 24.9 Å². The number of fused-ring (bicyclic) bond motifs is 1. The Hall–Kier alpha value is -1.82. The van der Waals surface area contributed by atoms with Gasteiger partial charge >= 0.3 is 5.97 Å². The van der Waals surface area contributed by atoms with Crippen LogP contribution in [0.2, 0.25) is 0 Å². The summed E-state index contributed by atoms with van der Waals surface area (Å²) in [6, 6.07) is 3.50. The van der Waals surface area contributed by atoms with Crippen molar-refractivity contribution in [3.8, 4) is 0 Å². The van der Waals surface area contributed by atoms with E-state index in [1.165, 1.54) is 11.2 Å². The average molecular weight is 321 g/mol. The van der Waals surface area contributed by atoms with Crippen molar-refractivity contribution in [2.75, 3.05) is 19.8 Å². The molecule has 23 heavy (non-hydrogen) atoms. The molecule has 6 heteroatoms. The third-order valence-corrected chi connectivity index (χ3v) is 5.02. The number of rotatable bonds is 5.